The molecule has 0 aromatic carbocycles. The van der Waals surface area contributed by atoms with Gasteiger partial charge in [-0.2, -0.15) is 0 Å². The first-order valence-electron chi connectivity index (χ1n) is 5.50. The maximum Gasteiger partial charge on any atom is 0.195 e. The molecule has 0 unspecified atom stereocenters. The Kier molecular flexibility index (Phi) is 6.04. The molecule has 0 aliphatic carbocycles. The predicted molar refractivity (Wildman–Crippen MR) is 58.9 cm³/mol. The van der Waals surface area contributed by atoms with E-state index in [1.54, 1.807) is 13.3 Å². The maximum absolute atomic E-state index is 5.53. The number of rotatable bonds is 8. The second-order valence-electron chi connectivity index (χ2n) is 3.46. The molecular formula is C11H20N2O2. The second-order valence-corrected chi connectivity index (χ2v) is 3.46. The van der Waals surface area contributed by atoms with E-state index < -0.39 is 0 Å². The van der Waals surface area contributed by atoms with E-state index in [2.05, 4.69) is 17.2 Å². The summed E-state index contributed by atoms with van der Waals surface area (Å²) in [7, 11) is 1.69. The van der Waals surface area contributed by atoms with Crippen LogP contribution >= 0.6 is 0 Å². The molecule has 0 spiro atoms. The summed E-state index contributed by atoms with van der Waals surface area (Å²) in [5.74, 6) is 1.71. The summed E-state index contributed by atoms with van der Waals surface area (Å²) in [5.41, 5.74) is 0. The van der Waals surface area contributed by atoms with Crippen LogP contribution in [0.3, 0.4) is 0 Å². The number of hydrogen-bond donors (Lipinski definition) is 1. The highest BCUT2D eigenvalue weighted by Crippen LogP contribution is 2.04. The zero-order valence-electron chi connectivity index (χ0n) is 9.58. The van der Waals surface area contributed by atoms with Gasteiger partial charge in [-0.3, -0.25) is 0 Å². The van der Waals surface area contributed by atoms with Crippen molar-refractivity contribution < 1.29 is 9.15 Å². The van der Waals surface area contributed by atoms with E-state index in [0.29, 0.717) is 6.61 Å². The largest absolute Gasteiger partial charge is 0.446 e. The summed E-state index contributed by atoms with van der Waals surface area (Å²) in [5, 5.41) is 3.31. The van der Waals surface area contributed by atoms with Crippen molar-refractivity contribution in [3.05, 3.63) is 17.8 Å². The number of hydrogen-bond acceptors (Lipinski definition) is 4. The summed E-state index contributed by atoms with van der Waals surface area (Å²) in [6.07, 6.45) is 4.59. The molecule has 1 rings (SSSR count). The number of ether oxygens (including phenoxy) is 1. The van der Waals surface area contributed by atoms with E-state index in [1.807, 2.05) is 0 Å². The van der Waals surface area contributed by atoms with Gasteiger partial charge in [0.05, 0.1) is 12.8 Å². The van der Waals surface area contributed by atoms with Crippen LogP contribution in [0.4, 0.5) is 0 Å². The van der Waals surface area contributed by atoms with Gasteiger partial charge in [-0.1, -0.05) is 6.92 Å². The number of nitrogens with zero attached hydrogens (tertiary/aromatic N) is 1. The van der Waals surface area contributed by atoms with Crippen molar-refractivity contribution in [2.75, 3.05) is 26.8 Å². The predicted octanol–water partition coefficient (Wildman–Crippen LogP) is 1.41. The van der Waals surface area contributed by atoms with Gasteiger partial charge in [-0.05, 0) is 13.0 Å². The molecule has 15 heavy (non-hydrogen) atoms. The molecular weight excluding hydrogens is 192 g/mol. The summed E-state index contributed by atoms with van der Waals surface area (Å²) in [6, 6.07) is 0. The summed E-state index contributed by atoms with van der Waals surface area (Å²) in [4.78, 5) is 4.20. The lowest BCUT2D eigenvalue weighted by atomic mass is 10.4. The van der Waals surface area contributed by atoms with E-state index in [9.17, 15) is 0 Å². The lowest BCUT2D eigenvalue weighted by Gasteiger charge is -1.99. The minimum absolute atomic E-state index is 0.683. The van der Waals surface area contributed by atoms with Crippen molar-refractivity contribution in [2.24, 2.45) is 0 Å². The second kappa shape index (κ2) is 7.43. The number of nitrogens with one attached hydrogen (secondary N) is 1. The zero-order valence-corrected chi connectivity index (χ0v) is 9.58. The Labute approximate surface area is 91.0 Å². The van der Waals surface area contributed by atoms with Crippen LogP contribution in [0.1, 0.15) is 25.0 Å². The minimum Gasteiger partial charge on any atom is -0.446 e. The molecule has 0 bridgehead atoms. The molecule has 0 radical (unpaired) electrons. The topological polar surface area (TPSA) is 47.3 Å². The van der Waals surface area contributed by atoms with Crippen molar-refractivity contribution in [3.63, 3.8) is 0 Å². The zero-order chi connectivity index (χ0) is 10.9. The van der Waals surface area contributed by atoms with Crippen LogP contribution in [0, 0.1) is 0 Å². The van der Waals surface area contributed by atoms with Crippen LogP contribution in [0.25, 0.3) is 0 Å². The van der Waals surface area contributed by atoms with Crippen molar-refractivity contribution in [1.29, 1.82) is 0 Å². The monoisotopic (exact) mass is 212 g/mol. The van der Waals surface area contributed by atoms with Crippen LogP contribution in [-0.4, -0.2) is 31.8 Å². The Morgan fingerprint density at radius 3 is 3.00 bits per heavy atom. The first-order valence-corrected chi connectivity index (χ1v) is 5.50. The first-order chi connectivity index (χ1) is 7.36. The molecule has 0 amide bonds. The minimum atomic E-state index is 0.683. The Hall–Kier alpha value is -0.870. The lowest BCUT2D eigenvalue weighted by molar-refractivity contribution is 0.196. The Balaban J connectivity index is 2.20. The van der Waals surface area contributed by atoms with E-state index in [0.717, 1.165) is 44.0 Å². The van der Waals surface area contributed by atoms with Gasteiger partial charge in [0.25, 0.3) is 0 Å². The van der Waals surface area contributed by atoms with E-state index in [4.69, 9.17) is 9.15 Å². The number of methoxy groups -OCH3 is 1. The summed E-state index contributed by atoms with van der Waals surface area (Å²) < 4.78 is 10.5. The van der Waals surface area contributed by atoms with Gasteiger partial charge in [0.15, 0.2) is 5.89 Å². The third kappa shape index (κ3) is 4.95. The van der Waals surface area contributed by atoms with Gasteiger partial charge >= 0.3 is 0 Å². The molecule has 0 fully saturated rings. The Morgan fingerprint density at radius 1 is 1.40 bits per heavy atom. The molecule has 1 aromatic heterocycles. The number of oxazole rings is 1. The van der Waals surface area contributed by atoms with Gasteiger partial charge in [-0.15, -0.1) is 0 Å². The molecule has 0 atom stereocenters. The molecule has 0 aliphatic rings. The fourth-order valence-electron chi connectivity index (χ4n) is 1.28. The normalized spacial score (nSPS) is 10.8. The van der Waals surface area contributed by atoms with Gasteiger partial charge in [0.2, 0.25) is 0 Å². The Bertz CT molecular complexity index is 261. The highest BCUT2D eigenvalue weighted by molar-refractivity contribution is 4.94. The first kappa shape index (κ1) is 12.2. The molecule has 0 aliphatic heterocycles. The molecule has 1 aromatic rings. The molecule has 1 N–H and O–H groups in total. The average molecular weight is 212 g/mol. The summed E-state index contributed by atoms with van der Waals surface area (Å²) >= 11 is 0. The van der Waals surface area contributed by atoms with E-state index >= 15 is 0 Å². The van der Waals surface area contributed by atoms with E-state index in [1.165, 1.54) is 0 Å². The highest BCUT2D eigenvalue weighted by atomic mass is 16.5. The average Bonchev–Trinajstić information content (AvgIpc) is 2.69. The van der Waals surface area contributed by atoms with Crippen LogP contribution < -0.4 is 5.32 Å². The fourth-order valence-corrected chi connectivity index (χ4v) is 1.28. The van der Waals surface area contributed by atoms with Crippen LogP contribution in [0.15, 0.2) is 10.6 Å². The molecule has 1 heterocycles. The number of aromatic nitrogens is 1. The quantitative estimate of drug-likeness (QED) is 0.662. The van der Waals surface area contributed by atoms with Gasteiger partial charge in [-0.25, -0.2) is 4.98 Å². The lowest BCUT2D eigenvalue weighted by Crippen LogP contribution is -2.17. The van der Waals surface area contributed by atoms with Gasteiger partial charge < -0.3 is 14.5 Å². The molecule has 4 heteroatoms. The van der Waals surface area contributed by atoms with Crippen molar-refractivity contribution in [2.45, 2.75) is 26.2 Å². The third-order valence-corrected chi connectivity index (χ3v) is 2.10. The van der Waals surface area contributed by atoms with Gasteiger partial charge in [0.1, 0.15) is 5.76 Å². The van der Waals surface area contributed by atoms with E-state index in [-0.39, 0.29) is 0 Å². The smallest absolute Gasteiger partial charge is 0.195 e. The van der Waals surface area contributed by atoms with Crippen LogP contribution in [0.5, 0.6) is 0 Å². The summed E-state index contributed by atoms with van der Waals surface area (Å²) in [6.45, 7) is 4.82. The van der Waals surface area contributed by atoms with Crippen molar-refractivity contribution >= 4 is 0 Å². The fraction of sp³-hybridized carbons (Fsp3) is 0.727. The standard InChI is InChI=1S/C11H20N2O2/c1-3-6-12-7-4-11-13-9-10(15-11)5-8-14-2/h9,12H,3-8H2,1-2H3. The maximum atomic E-state index is 5.53. The Morgan fingerprint density at radius 2 is 2.27 bits per heavy atom. The van der Waals surface area contributed by atoms with Crippen LogP contribution in [-0.2, 0) is 17.6 Å². The third-order valence-electron chi connectivity index (χ3n) is 2.10. The molecule has 86 valence electrons. The molecule has 0 saturated carbocycles. The van der Waals surface area contributed by atoms with Gasteiger partial charge in [0, 0.05) is 26.5 Å². The molecule has 4 nitrogen and oxygen atoms in total. The highest BCUT2D eigenvalue weighted by Gasteiger charge is 2.02. The molecule has 0 saturated heterocycles. The van der Waals surface area contributed by atoms with Crippen molar-refractivity contribution in [3.8, 4) is 0 Å². The van der Waals surface area contributed by atoms with Crippen molar-refractivity contribution in [1.82, 2.24) is 10.3 Å². The SMILES string of the molecule is CCCNCCc1ncc(CCOC)o1. The van der Waals surface area contributed by atoms with Crippen LogP contribution in [0.2, 0.25) is 0 Å².